The number of hydrogen-bond donors (Lipinski definition) is 3. The molecule has 1 unspecified atom stereocenters. The molecule has 1 saturated carbocycles. The smallest absolute Gasteiger partial charge is 0.365 e. The Labute approximate surface area is 233 Å². The summed E-state index contributed by atoms with van der Waals surface area (Å²) in [7, 11) is -4.51. The fourth-order valence-corrected chi connectivity index (χ4v) is 5.58. The zero-order chi connectivity index (χ0) is 28.8. The van der Waals surface area contributed by atoms with Gasteiger partial charge in [-0.3, -0.25) is 23.4 Å². The molecule has 1 aliphatic heterocycles. The van der Waals surface area contributed by atoms with Gasteiger partial charge >= 0.3 is 13.5 Å². The Morgan fingerprint density at radius 1 is 1.24 bits per heavy atom. The summed E-state index contributed by atoms with van der Waals surface area (Å²) in [4.78, 5) is 49.7. The summed E-state index contributed by atoms with van der Waals surface area (Å²) >= 11 is 0. The number of anilines is 1. The van der Waals surface area contributed by atoms with Crippen LogP contribution in [0.2, 0.25) is 0 Å². The molecule has 2 aliphatic carbocycles. The van der Waals surface area contributed by atoms with Gasteiger partial charge in [-0.05, 0) is 38.3 Å². The highest BCUT2D eigenvalue weighted by Crippen LogP contribution is 2.46. The van der Waals surface area contributed by atoms with Crippen LogP contribution in [0.25, 0.3) is 11.2 Å². The molecular weight excluding hydrogens is 553 g/mol. The van der Waals surface area contributed by atoms with E-state index in [1.54, 1.807) is 13.3 Å². The average molecular weight is 582 g/mol. The van der Waals surface area contributed by atoms with Crippen molar-refractivity contribution in [3.8, 4) is 12.3 Å². The lowest BCUT2D eigenvalue weighted by atomic mass is 10.1. The minimum Gasteiger partial charge on any atom is -0.365 e. The van der Waals surface area contributed by atoms with E-state index in [2.05, 4.69) is 31.2 Å². The molecule has 4 heterocycles. The number of aryl methyl sites for hydroxylation is 1. The monoisotopic (exact) mass is 581 g/mol. The van der Waals surface area contributed by atoms with Gasteiger partial charge in [0.05, 0.1) is 19.0 Å². The van der Waals surface area contributed by atoms with E-state index in [1.807, 2.05) is 16.7 Å². The third-order valence-corrected chi connectivity index (χ3v) is 8.13. The lowest BCUT2D eigenvalue weighted by Gasteiger charge is -2.25. The number of imidazole rings is 1. The van der Waals surface area contributed by atoms with E-state index in [1.165, 1.54) is 24.7 Å². The molecule has 6 rings (SSSR count). The van der Waals surface area contributed by atoms with Gasteiger partial charge in [0.1, 0.15) is 18.5 Å². The molecule has 15 heteroatoms. The number of nitrogens with zero attached hydrogens (tertiary/aromatic N) is 5. The van der Waals surface area contributed by atoms with Crippen molar-refractivity contribution in [1.82, 2.24) is 29.1 Å². The SMILES string of the molecule is C#C[C@@]1(COP(=O)(O)OC[C@H]2C=C[C@@H](n3cnc4c(NC5CC5)ncnc43)C2)C=C[C@H](n2cc(C)c(=O)[nH]c2=O)O1. The molecule has 214 valence electrons. The van der Waals surface area contributed by atoms with Crippen LogP contribution in [-0.2, 0) is 18.3 Å². The van der Waals surface area contributed by atoms with Crippen molar-refractivity contribution < 1.29 is 23.2 Å². The number of rotatable bonds is 10. The number of terminal acetylenes is 1. The van der Waals surface area contributed by atoms with Crippen LogP contribution in [0.4, 0.5) is 5.82 Å². The zero-order valence-corrected chi connectivity index (χ0v) is 22.9. The van der Waals surface area contributed by atoms with Gasteiger partial charge in [0.25, 0.3) is 5.56 Å². The molecular formula is C26H28N7O7P. The van der Waals surface area contributed by atoms with Crippen LogP contribution in [0.1, 0.15) is 37.1 Å². The largest absolute Gasteiger partial charge is 0.472 e. The van der Waals surface area contributed by atoms with Crippen LogP contribution >= 0.6 is 7.82 Å². The van der Waals surface area contributed by atoms with E-state index in [-0.39, 0.29) is 18.6 Å². The Morgan fingerprint density at radius 2 is 2.07 bits per heavy atom. The minimum absolute atomic E-state index is 0.0603. The Morgan fingerprint density at radius 3 is 2.85 bits per heavy atom. The van der Waals surface area contributed by atoms with Gasteiger partial charge in [0.15, 0.2) is 23.3 Å². The minimum atomic E-state index is -4.51. The third kappa shape index (κ3) is 5.68. The fourth-order valence-electron chi connectivity index (χ4n) is 4.77. The number of allylic oxidation sites excluding steroid dienone is 1. The fraction of sp³-hybridized carbons (Fsp3) is 0.423. The van der Waals surface area contributed by atoms with Crippen molar-refractivity contribution in [3.63, 3.8) is 0 Å². The van der Waals surface area contributed by atoms with Crippen molar-refractivity contribution in [3.05, 3.63) is 69.6 Å². The van der Waals surface area contributed by atoms with Crippen LogP contribution in [0, 0.1) is 25.2 Å². The lowest BCUT2D eigenvalue weighted by molar-refractivity contribution is -0.0510. The van der Waals surface area contributed by atoms with Crippen molar-refractivity contribution in [2.24, 2.45) is 5.92 Å². The standard InChI is InChI=1S/C26H28N7O7P/c1-3-26(9-8-20(40-26)32-11-16(2)24(34)31-25(32)35)13-39-41(36,37)38-12-17-4-7-19(10-17)33-15-29-21-22(30-18-5-6-18)27-14-28-23(21)33/h1,4,7-9,11,14-15,17-20H,5-6,10,12-13H2,2H3,(H,36,37)(H,27,28,30)(H,31,34,35)/t17-,19+,20+,26-/m0/s1. The van der Waals surface area contributed by atoms with Gasteiger partial charge in [-0.25, -0.2) is 24.3 Å². The first-order chi connectivity index (χ1) is 19.7. The first-order valence-corrected chi connectivity index (χ1v) is 14.6. The van der Waals surface area contributed by atoms with E-state index in [4.69, 9.17) is 20.2 Å². The molecule has 3 aromatic heterocycles. The summed E-state index contributed by atoms with van der Waals surface area (Å²) in [5.41, 5.74) is -1.01. The predicted octanol–water partition coefficient (Wildman–Crippen LogP) is 1.97. The van der Waals surface area contributed by atoms with Gasteiger partial charge in [0.2, 0.25) is 0 Å². The molecule has 1 fully saturated rings. The highest BCUT2D eigenvalue weighted by atomic mass is 31.2. The highest BCUT2D eigenvalue weighted by Gasteiger charge is 2.39. The molecule has 0 saturated heterocycles. The first kappa shape index (κ1) is 27.3. The molecule has 0 radical (unpaired) electrons. The Bertz CT molecular complexity index is 1750. The summed E-state index contributed by atoms with van der Waals surface area (Å²) in [5.74, 6) is 2.96. The number of aromatic amines is 1. The molecule has 5 atom stereocenters. The second kappa shape index (κ2) is 10.5. The number of hydrogen-bond acceptors (Lipinski definition) is 10. The van der Waals surface area contributed by atoms with Gasteiger partial charge in [-0.1, -0.05) is 18.1 Å². The normalized spacial score (nSPS) is 26.8. The molecule has 41 heavy (non-hydrogen) atoms. The number of phosphoric ester groups is 1. The summed E-state index contributed by atoms with van der Waals surface area (Å²) in [5, 5.41) is 3.37. The zero-order valence-electron chi connectivity index (χ0n) is 22.0. The second-order valence-electron chi connectivity index (χ2n) is 10.3. The Hall–Kier alpha value is -3.86. The Balaban J connectivity index is 1.04. The van der Waals surface area contributed by atoms with Crippen molar-refractivity contribution in [2.45, 2.75) is 50.1 Å². The molecule has 3 aliphatic rings. The molecule has 3 N–H and O–H groups in total. The highest BCUT2D eigenvalue weighted by molar-refractivity contribution is 7.47. The van der Waals surface area contributed by atoms with Gasteiger partial charge in [-0.15, -0.1) is 6.42 Å². The number of H-pyrrole nitrogens is 1. The maximum Gasteiger partial charge on any atom is 0.472 e. The predicted molar refractivity (Wildman–Crippen MR) is 147 cm³/mol. The molecule has 0 aromatic carbocycles. The van der Waals surface area contributed by atoms with Crippen LogP contribution < -0.4 is 16.6 Å². The molecule has 14 nitrogen and oxygen atoms in total. The van der Waals surface area contributed by atoms with Crippen LogP contribution in [0.5, 0.6) is 0 Å². The number of ether oxygens (including phenoxy) is 1. The van der Waals surface area contributed by atoms with E-state index in [9.17, 15) is 19.0 Å². The van der Waals surface area contributed by atoms with Crippen LogP contribution in [0.3, 0.4) is 0 Å². The Kier molecular flexibility index (Phi) is 7.01. The first-order valence-electron chi connectivity index (χ1n) is 13.1. The maximum atomic E-state index is 12.7. The number of fused-ring (bicyclic) bond motifs is 1. The number of nitrogens with one attached hydrogen (secondary N) is 2. The molecule has 0 spiro atoms. The average Bonchev–Trinajstić information content (AvgIpc) is 3.31. The van der Waals surface area contributed by atoms with Crippen molar-refractivity contribution in [1.29, 1.82) is 0 Å². The lowest BCUT2D eigenvalue weighted by Crippen LogP contribution is -2.37. The summed E-state index contributed by atoms with van der Waals surface area (Å²) in [6.07, 6.45) is 19.0. The van der Waals surface area contributed by atoms with E-state index < -0.39 is 37.5 Å². The summed E-state index contributed by atoms with van der Waals surface area (Å²) in [6.45, 7) is 0.981. The quantitative estimate of drug-likeness (QED) is 0.181. The van der Waals surface area contributed by atoms with Crippen LogP contribution in [0.15, 0.2) is 52.7 Å². The van der Waals surface area contributed by atoms with Gasteiger partial charge < -0.3 is 19.5 Å². The molecule has 3 aromatic rings. The van der Waals surface area contributed by atoms with E-state index in [0.29, 0.717) is 29.2 Å². The maximum absolute atomic E-state index is 12.7. The second-order valence-corrected chi connectivity index (χ2v) is 11.8. The summed E-state index contributed by atoms with van der Waals surface area (Å²) < 4.78 is 32.1. The molecule has 0 amide bonds. The number of phosphoric acid groups is 1. The topological polar surface area (TPSA) is 175 Å². The van der Waals surface area contributed by atoms with Crippen LogP contribution in [-0.4, -0.2) is 58.8 Å². The van der Waals surface area contributed by atoms with Crippen molar-refractivity contribution in [2.75, 3.05) is 18.5 Å². The van der Waals surface area contributed by atoms with E-state index in [0.717, 1.165) is 23.2 Å². The van der Waals surface area contributed by atoms with Gasteiger partial charge in [-0.2, -0.15) is 0 Å². The van der Waals surface area contributed by atoms with Crippen molar-refractivity contribution >= 4 is 24.8 Å². The molecule has 0 bridgehead atoms. The van der Waals surface area contributed by atoms with E-state index >= 15 is 0 Å². The summed E-state index contributed by atoms with van der Waals surface area (Å²) in [6, 6.07) is 0.371. The third-order valence-electron chi connectivity index (χ3n) is 7.20. The number of aromatic nitrogens is 6. The van der Waals surface area contributed by atoms with Gasteiger partial charge in [0, 0.05) is 23.7 Å².